The van der Waals surface area contributed by atoms with Crippen molar-refractivity contribution in [2.75, 3.05) is 13.6 Å². The van der Waals surface area contributed by atoms with E-state index >= 15 is 0 Å². The molecule has 2 aromatic carbocycles. The van der Waals surface area contributed by atoms with Crippen LogP contribution in [0.1, 0.15) is 43.0 Å². The van der Waals surface area contributed by atoms with Crippen LogP contribution in [0.15, 0.2) is 48.5 Å². The van der Waals surface area contributed by atoms with E-state index < -0.39 is 48.3 Å². The van der Waals surface area contributed by atoms with Gasteiger partial charge in [-0.2, -0.15) is 0 Å². The van der Waals surface area contributed by atoms with Gasteiger partial charge in [0, 0.05) is 7.05 Å². The van der Waals surface area contributed by atoms with Crippen molar-refractivity contribution in [1.29, 1.82) is 0 Å². The number of hydrogen-bond acceptors (Lipinski definition) is 4. The van der Waals surface area contributed by atoms with Crippen molar-refractivity contribution in [2.24, 2.45) is 11.8 Å². The second kappa shape index (κ2) is 10.7. The average molecular weight is 510 g/mol. The number of hydrogen-bond donors (Lipinski definition) is 2. The van der Waals surface area contributed by atoms with Gasteiger partial charge in [0.2, 0.25) is 17.7 Å². The van der Waals surface area contributed by atoms with Crippen molar-refractivity contribution in [1.82, 2.24) is 15.1 Å². The van der Waals surface area contributed by atoms with E-state index in [-0.39, 0.29) is 17.7 Å². The molecule has 1 heterocycles. The lowest BCUT2D eigenvalue weighted by atomic mass is 9.88. The van der Waals surface area contributed by atoms with Crippen LogP contribution >= 0.6 is 0 Å². The number of benzene rings is 2. The van der Waals surface area contributed by atoms with E-state index in [1.54, 1.807) is 0 Å². The van der Waals surface area contributed by atoms with Crippen LogP contribution in [0.4, 0.5) is 4.39 Å². The Kier molecular flexibility index (Phi) is 7.61. The number of fused-ring (bicyclic) bond motifs is 1. The van der Waals surface area contributed by atoms with Crippen molar-refractivity contribution in [2.45, 2.75) is 51.2 Å². The summed E-state index contributed by atoms with van der Waals surface area (Å²) < 4.78 is 13.8. The molecule has 0 radical (unpaired) electrons. The predicted octanol–water partition coefficient (Wildman–Crippen LogP) is 2.57. The van der Waals surface area contributed by atoms with Gasteiger partial charge in [0.05, 0.1) is 0 Å². The Hall–Kier alpha value is -3.75. The van der Waals surface area contributed by atoms with E-state index in [0.717, 1.165) is 16.0 Å². The molecule has 3 amide bonds. The fraction of sp³-hybridized carbons (Fsp3) is 0.429. The molecule has 1 unspecified atom stereocenters. The molecule has 0 bridgehead atoms. The Labute approximate surface area is 215 Å². The summed E-state index contributed by atoms with van der Waals surface area (Å²) in [6.07, 6.45) is 1.54. The van der Waals surface area contributed by atoms with Gasteiger partial charge in [-0.25, -0.2) is 4.39 Å². The molecule has 1 aliphatic carbocycles. The minimum absolute atomic E-state index is 0.0269. The normalized spacial score (nSPS) is 20.5. The number of piperazine rings is 1. The monoisotopic (exact) mass is 509 g/mol. The number of rotatable bonds is 8. The maximum absolute atomic E-state index is 14.2. The lowest BCUT2D eigenvalue weighted by molar-refractivity contribution is -0.160. The van der Waals surface area contributed by atoms with Gasteiger partial charge in [-0.1, -0.05) is 50.2 Å². The van der Waals surface area contributed by atoms with Gasteiger partial charge in [-0.15, -0.1) is 0 Å². The summed E-state index contributed by atoms with van der Waals surface area (Å²) in [5, 5.41) is 12.2. The Balaban J connectivity index is 1.76. The maximum atomic E-state index is 14.2. The number of halogens is 1. The SMILES string of the molecule is CC(C)C[C@@H]1C(=O)NC(C2Cc3ccccc3C2)C(=O)N1[C@@H](C(=O)N(C)CC(=O)O)c1ccc(F)cc1. The first-order valence-electron chi connectivity index (χ1n) is 12.5. The number of nitrogens with zero attached hydrogens (tertiary/aromatic N) is 2. The number of nitrogens with one attached hydrogen (secondary N) is 1. The highest BCUT2D eigenvalue weighted by Gasteiger charge is 2.49. The molecular formula is C28H32FN3O5. The second-order valence-corrected chi connectivity index (χ2v) is 10.4. The smallest absolute Gasteiger partial charge is 0.323 e. The topological polar surface area (TPSA) is 107 Å². The van der Waals surface area contributed by atoms with Crippen LogP contribution in [0.2, 0.25) is 0 Å². The average Bonchev–Trinajstić information content (AvgIpc) is 3.27. The fourth-order valence-corrected chi connectivity index (χ4v) is 5.43. The molecule has 0 spiro atoms. The zero-order chi connectivity index (χ0) is 26.9. The van der Waals surface area contributed by atoms with E-state index in [2.05, 4.69) is 5.32 Å². The molecule has 1 fully saturated rings. The zero-order valence-corrected chi connectivity index (χ0v) is 21.2. The number of amides is 3. The van der Waals surface area contributed by atoms with Crippen molar-refractivity contribution in [3.8, 4) is 0 Å². The lowest BCUT2D eigenvalue weighted by Gasteiger charge is -2.45. The second-order valence-electron chi connectivity index (χ2n) is 10.4. The Bertz CT molecular complexity index is 1170. The highest BCUT2D eigenvalue weighted by Crippen LogP contribution is 2.36. The van der Waals surface area contributed by atoms with Crippen molar-refractivity contribution in [3.63, 3.8) is 0 Å². The number of carboxylic acids is 1. The molecule has 8 nitrogen and oxygen atoms in total. The number of carbonyl (C=O) groups excluding carboxylic acids is 3. The van der Waals surface area contributed by atoms with E-state index in [4.69, 9.17) is 0 Å². The molecule has 3 atom stereocenters. The van der Waals surface area contributed by atoms with Gasteiger partial charge < -0.3 is 20.2 Å². The first-order valence-corrected chi connectivity index (χ1v) is 12.5. The van der Waals surface area contributed by atoms with Crippen LogP contribution in [-0.4, -0.2) is 64.3 Å². The highest BCUT2D eigenvalue weighted by atomic mass is 19.1. The molecule has 2 aromatic rings. The third kappa shape index (κ3) is 5.50. The minimum atomic E-state index is -1.28. The summed E-state index contributed by atoms with van der Waals surface area (Å²) in [6.45, 7) is 3.25. The summed E-state index contributed by atoms with van der Waals surface area (Å²) in [7, 11) is 1.34. The first kappa shape index (κ1) is 26.3. The molecule has 9 heteroatoms. The molecule has 2 aliphatic rings. The van der Waals surface area contributed by atoms with E-state index in [0.29, 0.717) is 24.8 Å². The first-order chi connectivity index (χ1) is 17.6. The fourth-order valence-electron chi connectivity index (χ4n) is 5.43. The van der Waals surface area contributed by atoms with Gasteiger partial charge in [-0.3, -0.25) is 19.2 Å². The van der Waals surface area contributed by atoms with Crippen LogP contribution < -0.4 is 5.32 Å². The van der Waals surface area contributed by atoms with Crippen LogP contribution in [0.5, 0.6) is 0 Å². The third-order valence-corrected chi connectivity index (χ3v) is 7.15. The zero-order valence-electron chi connectivity index (χ0n) is 21.2. The van der Waals surface area contributed by atoms with Gasteiger partial charge in [0.1, 0.15) is 30.5 Å². The van der Waals surface area contributed by atoms with Crippen LogP contribution in [0, 0.1) is 17.7 Å². The Morgan fingerprint density at radius 1 is 1.08 bits per heavy atom. The largest absolute Gasteiger partial charge is 0.480 e. The number of carbonyl (C=O) groups is 4. The van der Waals surface area contributed by atoms with Gasteiger partial charge in [0.25, 0.3) is 0 Å². The molecule has 0 aromatic heterocycles. The summed E-state index contributed by atoms with van der Waals surface area (Å²) in [6, 6.07) is 10.0. The minimum Gasteiger partial charge on any atom is -0.480 e. The van der Waals surface area contributed by atoms with Crippen LogP contribution in [0.3, 0.4) is 0 Å². The Morgan fingerprint density at radius 2 is 1.68 bits per heavy atom. The highest BCUT2D eigenvalue weighted by molar-refractivity contribution is 6.00. The summed E-state index contributed by atoms with van der Waals surface area (Å²) >= 11 is 0. The molecular weight excluding hydrogens is 477 g/mol. The Morgan fingerprint density at radius 3 is 2.22 bits per heavy atom. The van der Waals surface area contributed by atoms with Crippen molar-refractivity contribution < 1.29 is 28.7 Å². The maximum Gasteiger partial charge on any atom is 0.323 e. The van der Waals surface area contributed by atoms with Gasteiger partial charge in [-0.05, 0) is 59.9 Å². The van der Waals surface area contributed by atoms with E-state index in [1.807, 2.05) is 38.1 Å². The van der Waals surface area contributed by atoms with Gasteiger partial charge in [0.15, 0.2) is 0 Å². The summed E-state index contributed by atoms with van der Waals surface area (Å²) in [5.41, 5.74) is 2.56. The third-order valence-electron chi connectivity index (χ3n) is 7.15. The number of carboxylic acid groups (broad SMARTS) is 1. The van der Waals surface area contributed by atoms with Gasteiger partial charge >= 0.3 is 5.97 Å². The quantitative estimate of drug-likeness (QED) is 0.569. The molecule has 37 heavy (non-hydrogen) atoms. The van der Waals surface area contributed by atoms with E-state index in [1.165, 1.54) is 36.2 Å². The molecule has 1 aliphatic heterocycles. The predicted molar refractivity (Wildman–Crippen MR) is 134 cm³/mol. The molecule has 0 saturated carbocycles. The summed E-state index contributed by atoms with van der Waals surface area (Å²) in [4.78, 5) is 55.1. The lowest BCUT2D eigenvalue weighted by Crippen LogP contribution is -2.67. The standard InChI is InChI=1S/C28H32FN3O5/c1-16(2)12-22-26(35)30-24(20-13-18-6-4-5-7-19(18)14-20)27(36)32(22)25(17-8-10-21(29)11-9-17)28(37)31(3)15-23(33)34/h4-11,16,20,22,24-25H,12-15H2,1-3H3,(H,30,35)(H,33,34)/t22-,24?,25-/m1/s1. The van der Waals surface area contributed by atoms with Crippen LogP contribution in [-0.2, 0) is 32.0 Å². The molecule has 1 saturated heterocycles. The summed E-state index contributed by atoms with van der Waals surface area (Å²) in [5.74, 6) is -3.28. The van der Waals surface area contributed by atoms with E-state index in [9.17, 15) is 28.7 Å². The molecule has 4 rings (SSSR count). The van der Waals surface area contributed by atoms with Crippen LogP contribution in [0.25, 0.3) is 0 Å². The number of aliphatic carboxylic acids is 1. The number of likely N-dealkylation sites (N-methyl/N-ethyl adjacent to an activating group) is 1. The van der Waals surface area contributed by atoms with Crippen molar-refractivity contribution >= 4 is 23.7 Å². The molecule has 196 valence electrons. The van der Waals surface area contributed by atoms with Crippen molar-refractivity contribution in [3.05, 3.63) is 71.0 Å². The molecule has 2 N–H and O–H groups in total.